The van der Waals surface area contributed by atoms with Crippen molar-refractivity contribution in [3.05, 3.63) is 35.3 Å². The zero-order valence-corrected chi connectivity index (χ0v) is 15.9. The zero-order chi connectivity index (χ0) is 19.2. The summed E-state index contributed by atoms with van der Waals surface area (Å²) in [6, 6.07) is 7.21. The largest absolute Gasteiger partial charge is 0.506 e. The van der Waals surface area contributed by atoms with Crippen molar-refractivity contribution in [3.63, 3.8) is 0 Å². The van der Waals surface area contributed by atoms with Gasteiger partial charge in [-0.2, -0.15) is 0 Å². The van der Waals surface area contributed by atoms with E-state index in [0.29, 0.717) is 37.0 Å². The first-order chi connectivity index (χ1) is 13.1. The van der Waals surface area contributed by atoms with E-state index in [1.807, 2.05) is 12.1 Å². The number of rotatable bonds is 5. The molecule has 1 aromatic carbocycles. The number of piperazine rings is 1. The Morgan fingerprint density at radius 3 is 2.70 bits per heavy atom. The molecule has 9 heteroatoms. The highest BCUT2D eigenvalue weighted by Crippen LogP contribution is 2.27. The van der Waals surface area contributed by atoms with E-state index in [0.717, 1.165) is 5.69 Å². The van der Waals surface area contributed by atoms with Gasteiger partial charge in [0.2, 0.25) is 5.91 Å². The first kappa shape index (κ1) is 19.0. The number of anilines is 2. The Kier molecular flexibility index (Phi) is 6.12. The molecule has 1 saturated heterocycles. The lowest BCUT2D eigenvalue weighted by Crippen LogP contribution is -2.49. The van der Waals surface area contributed by atoms with Crippen LogP contribution in [0.4, 0.5) is 15.6 Å². The van der Waals surface area contributed by atoms with Gasteiger partial charge in [-0.05, 0) is 19.1 Å². The number of nitrogens with one attached hydrogen (secondary N) is 1. The Morgan fingerprint density at radius 1 is 1.26 bits per heavy atom. The predicted molar refractivity (Wildman–Crippen MR) is 103 cm³/mol. The van der Waals surface area contributed by atoms with Crippen molar-refractivity contribution in [2.45, 2.75) is 13.3 Å². The van der Waals surface area contributed by atoms with Crippen LogP contribution in [0, 0.1) is 0 Å². The monoisotopic (exact) mass is 390 g/mol. The summed E-state index contributed by atoms with van der Waals surface area (Å²) in [5, 5.41) is 14.7. The first-order valence-corrected chi connectivity index (χ1v) is 9.63. The summed E-state index contributed by atoms with van der Waals surface area (Å²) in [7, 11) is 0. The number of hydrogen-bond acceptors (Lipinski definition) is 7. The second kappa shape index (κ2) is 8.72. The van der Waals surface area contributed by atoms with E-state index in [1.165, 1.54) is 11.3 Å². The molecule has 0 atom stereocenters. The van der Waals surface area contributed by atoms with E-state index in [2.05, 4.69) is 15.2 Å². The van der Waals surface area contributed by atoms with Crippen molar-refractivity contribution in [3.8, 4) is 5.75 Å². The minimum atomic E-state index is -0.551. The van der Waals surface area contributed by atoms with Crippen LogP contribution in [0.5, 0.6) is 5.75 Å². The SMILES string of the molecule is CCOC(=O)Nc1nc(CC(=O)N2CCN(c3ccccc3O)CC2)cs1. The average molecular weight is 390 g/mol. The minimum absolute atomic E-state index is 0.0000756. The van der Waals surface area contributed by atoms with E-state index in [1.54, 1.807) is 29.3 Å². The molecule has 0 saturated carbocycles. The summed E-state index contributed by atoms with van der Waals surface area (Å²) in [6.07, 6.45) is -0.359. The molecule has 1 aromatic heterocycles. The highest BCUT2D eigenvalue weighted by atomic mass is 32.1. The van der Waals surface area contributed by atoms with E-state index in [-0.39, 0.29) is 24.7 Å². The average Bonchev–Trinajstić information content (AvgIpc) is 3.09. The molecule has 27 heavy (non-hydrogen) atoms. The third-order valence-corrected chi connectivity index (χ3v) is 5.03. The Bertz CT molecular complexity index is 802. The summed E-state index contributed by atoms with van der Waals surface area (Å²) >= 11 is 1.26. The molecule has 1 aliphatic heterocycles. The van der Waals surface area contributed by atoms with E-state index >= 15 is 0 Å². The predicted octanol–water partition coefficient (Wildman–Crippen LogP) is 2.31. The number of para-hydroxylation sites is 2. The fourth-order valence-corrected chi connectivity index (χ4v) is 3.59. The minimum Gasteiger partial charge on any atom is -0.506 e. The number of carbonyl (C=O) groups excluding carboxylic acids is 2. The number of amides is 2. The highest BCUT2D eigenvalue weighted by molar-refractivity contribution is 7.13. The maximum Gasteiger partial charge on any atom is 0.413 e. The quantitative estimate of drug-likeness (QED) is 0.814. The van der Waals surface area contributed by atoms with Crippen LogP contribution >= 0.6 is 11.3 Å². The van der Waals surface area contributed by atoms with Gasteiger partial charge in [0, 0.05) is 31.6 Å². The Labute approximate surface area is 161 Å². The van der Waals surface area contributed by atoms with Gasteiger partial charge in [-0.25, -0.2) is 9.78 Å². The van der Waals surface area contributed by atoms with Crippen molar-refractivity contribution in [2.75, 3.05) is 43.0 Å². The van der Waals surface area contributed by atoms with Crippen molar-refractivity contribution in [2.24, 2.45) is 0 Å². The van der Waals surface area contributed by atoms with E-state index in [4.69, 9.17) is 4.74 Å². The van der Waals surface area contributed by atoms with E-state index in [9.17, 15) is 14.7 Å². The van der Waals surface area contributed by atoms with Gasteiger partial charge in [-0.3, -0.25) is 10.1 Å². The van der Waals surface area contributed by atoms with Crippen LogP contribution < -0.4 is 10.2 Å². The number of carbonyl (C=O) groups is 2. The molecule has 2 aromatic rings. The highest BCUT2D eigenvalue weighted by Gasteiger charge is 2.23. The van der Waals surface area contributed by atoms with Crippen LogP contribution in [0.2, 0.25) is 0 Å². The maximum absolute atomic E-state index is 12.5. The molecule has 0 spiro atoms. The van der Waals surface area contributed by atoms with Gasteiger partial charge in [0.25, 0.3) is 0 Å². The number of aromatic hydroxyl groups is 1. The number of aromatic nitrogens is 1. The first-order valence-electron chi connectivity index (χ1n) is 8.75. The molecule has 1 fully saturated rings. The molecule has 2 N–H and O–H groups in total. The van der Waals surface area contributed by atoms with Crippen LogP contribution in [0.25, 0.3) is 0 Å². The number of nitrogens with zero attached hydrogens (tertiary/aromatic N) is 3. The van der Waals surface area contributed by atoms with Crippen LogP contribution in [-0.4, -0.2) is 59.8 Å². The zero-order valence-electron chi connectivity index (χ0n) is 15.1. The van der Waals surface area contributed by atoms with Gasteiger partial charge in [-0.15, -0.1) is 11.3 Å². The van der Waals surface area contributed by atoms with Gasteiger partial charge in [0.05, 0.1) is 24.4 Å². The smallest absolute Gasteiger partial charge is 0.413 e. The Hall–Kier alpha value is -2.81. The van der Waals surface area contributed by atoms with Gasteiger partial charge in [0.1, 0.15) is 5.75 Å². The maximum atomic E-state index is 12.5. The number of phenols is 1. The summed E-state index contributed by atoms with van der Waals surface area (Å²) in [5.41, 5.74) is 1.42. The lowest BCUT2D eigenvalue weighted by atomic mass is 10.2. The molecule has 0 unspecified atom stereocenters. The molecular weight excluding hydrogens is 368 g/mol. The third-order valence-electron chi connectivity index (χ3n) is 4.22. The van der Waals surface area contributed by atoms with Crippen LogP contribution in [-0.2, 0) is 16.0 Å². The third kappa shape index (κ3) is 4.88. The second-order valence-electron chi connectivity index (χ2n) is 6.02. The summed E-state index contributed by atoms with van der Waals surface area (Å²) in [6.45, 7) is 4.52. The lowest BCUT2D eigenvalue weighted by Gasteiger charge is -2.36. The van der Waals surface area contributed by atoms with Gasteiger partial charge < -0.3 is 19.6 Å². The number of benzene rings is 1. The molecule has 144 valence electrons. The molecule has 3 rings (SSSR count). The molecule has 1 aliphatic rings. The summed E-state index contributed by atoms with van der Waals surface area (Å²) in [5.74, 6) is 0.251. The molecule has 0 aliphatic carbocycles. The van der Waals surface area contributed by atoms with Crippen LogP contribution in [0.15, 0.2) is 29.6 Å². The van der Waals surface area contributed by atoms with Gasteiger partial charge in [-0.1, -0.05) is 12.1 Å². The number of ether oxygens (including phenoxy) is 1. The molecule has 2 heterocycles. The van der Waals surface area contributed by atoms with Gasteiger partial charge in [0.15, 0.2) is 5.13 Å². The van der Waals surface area contributed by atoms with Crippen molar-refractivity contribution >= 4 is 34.2 Å². The standard InChI is InChI=1S/C18H22N4O4S/c1-2-26-18(25)20-17-19-13(12-27-17)11-16(24)22-9-7-21(8-10-22)14-5-3-4-6-15(14)23/h3-6,12,23H,2,7-11H2,1H3,(H,19,20,25). The van der Waals surface area contributed by atoms with Crippen molar-refractivity contribution < 1.29 is 19.4 Å². The van der Waals surface area contributed by atoms with E-state index < -0.39 is 6.09 Å². The molecule has 0 bridgehead atoms. The number of hydrogen-bond donors (Lipinski definition) is 2. The Morgan fingerprint density at radius 2 is 2.00 bits per heavy atom. The second-order valence-corrected chi connectivity index (χ2v) is 6.88. The topological polar surface area (TPSA) is 95.0 Å². The molecule has 2 amide bonds. The molecule has 0 radical (unpaired) electrons. The Balaban J connectivity index is 1.51. The normalized spacial score (nSPS) is 14.1. The van der Waals surface area contributed by atoms with Crippen LogP contribution in [0.3, 0.4) is 0 Å². The summed E-state index contributed by atoms with van der Waals surface area (Å²) in [4.78, 5) is 32.1. The van der Waals surface area contributed by atoms with Crippen molar-refractivity contribution in [1.82, 2.24) is 9.88 Å². The molecule has 8 nitrogen and oxygen atoms in total. The lowest BCUT2D eigenvalue weighted by molar-refractivity contribution is -0.130. The van der Waals surface area contributed by atoms with Crippen LogP contribution in [0.1, 0.15) is 12.6 Å². The summed E-state index contributed by atoms with van der Waals surface area (Å²) < 4.78 is 4.81. The van der Waals surface area contributed by atoms with Gasteiger partial charge >= 0.3 is 6.09 Å². The van der Waals surface area contributed by atoms with Crippen molar-refractivity contribution in [1.29, 1.82) is 0 Å². The molecular formula is C18H22N4O4S. The fourth-order valence-electron chi connectivity index (χ4n) is 2.90. The number of thiazole rings is 1. The fraction of sp³-hybridized carbons (Fsp3) is 0.389. The number of phenolic OH excluding ortho intramolecular Hbond substituents is 1.